The summed E-state index contributed by atoms with van der Waals surface area (Å²) in [7, 11) is 0. The number of aromatic nitrogens is 3. The van der Waals surface area contributed by atoms with Gasteiger partial charge in [-0.3, -0.25) is 4.68 Å². The number of aliphatic hydroxyl groups is 1. The Hall–Kier alpha value is -2.14. The molecule has 0 fully saturated rings. The lowest BCUT2D eigenvalue weighted by atomic mass is 10.1. The van der Waals surface area contributed by atoms with Crippen molar-refractivity contribution in [1.29, 1.82) is 5.26 Å². The molecule has 2 aromatic heterocycles. The highest BCUT2D eigenvalue weighted by molar-refractivity contribution is 8.00. The number of hydrogen-bond donors (Lipinski definition) is 3. The maximum absolute atomic E-state index is 9.83. The van der Waals surface area contributed by atoms with Gasteiger partial charge < -0.3 is 14.8 Å². The van der Waals surface area contributed by atoms with E-state index in [2.05, 4.69) is 20.9 Å². The molecule has 0 aliphatic rings. The standard InChI is InChI=1S/C16H16ClN5OS/c1-16(2,23)9-22-8-11(7-20-22)24-21-13-4-3-12(17)14-10(5-18)6-19-15(13)14/h3-4,6-8,19,21,23H,9H2,1-2H3. The van der Waals surface area contributed by atoms with Gasteiger partial charge in [-0.05, 0) is 37.9 Å². The van der Waals surface area contributed by atoms with E-state index in [0.717, 1.165) is 16.1 Å². The third kappa shape index (κ3) is 3.51. The van der Waals surface area contributed by atoms with Gasteiger partial charge in [-0.2, -0.15) is 10.4 Å². The lowest BCUT2D eigenvalue weighted by Crippen LogP contribution is -2.26. The van der Waals surface area contributed by atoms with E-state index in [1.807, 2.05) is 12.3 Å². The quantitative estimate of drug-likeness (QED) is 0.602. The van der Waals surface area contributed by atoms with E-state index < -0.39 is 5.60 Å². The van der Waals surface area contributed by atoms with Crippen molar-refractivity contribution in [2.45, 2.75) is 30.9 Å². The fourth-order valence-corrected chi connectivity index (χ4v) is 3.31. The maximum atomic E-state index is 9.83. The van der Waals surface area contributed by atoms with E-state index in [1.54, 1.807) is 37.0 Å². The van der Waals surface area contributed by atoms with Crippen LogP contribution < -0.4 is 4.72 Å². The second-order valence-corrected chi connectivity index (χ2v) is 7.34. The van der Waals surface area contributed by atoms with E-state index in [0.29, 0.717) is 22.5 Å². The van der Waals surface area contributed by atoms with Gasteiger partial charge in [0.1, 0.15) is 6.07 Å². The van der Waals surface area contributed by atoms with Crippen LogP contribution in [0, 0.1) is 11.3 Å². The molecule has 2 heterocycles. The molecule has 6 nitrogen and oxygen atoms in total. The zero-order valence-electron chi connectivity index (χ0n) is 13.2. The summed E-state index contributed by atoms with van der Waals surface area (Å²) in [5.41, 5.74) is 1.31. The summed E-state index contributed by atoms with van der Waals surface area (Å²) in [6, 6.07) is 5.75. The topological polar surface area (TPSA) is 89.7 Å². The number of halogens is 1. The number of H-pyrrole nitrogens is 1. The lowest BCUT2D eigenvalue weighted by Gasteiger charge is -2.16. The normalized spacial score (nSPS) is 11.6. The van der Waals surface area contributed by atoms with Crippen molar-refractivity contribution in [1.82, 2.24) is 14.8 Å². The molecule has 0 bridgehead atoms. The van der Waals surface area contributed by atoms with Gasteiger partial charge >= 0.3 is 0 Å². The van der Waals surface area contributed by atoms with Crippen molar-refractivity contribution in [3.8, 4) is 6.07 Å². The van der Waals surface area contributed by atoms with Gasteiger partial charge in [0.15, 0.2) is 0 Å². The Balaban J connectivity index is 1.78. The fraction of sp³-hybridized carbons (Fsp3) is 0.250. The van der Waals surface area contributed by atoms with E-state index in [1.165, 1.54) is 11.9 Å². The second kappa shape index (κ2) is 6.40. The Bertz CT molecular complexity index is 919. The third-order valence-electron chi connectivity index (χ3n) is 3.34. The van der Waals surface area contributed by atoms with E-state index in [4.69, 9.17) is 16.9 Å². The average molecular weight is 362 g/mol. The number of hydrogen-bond acceptors (Lipinski definition) is 5. The number of nitrogens with one attached hydrogen (secondary N) is 2. The Morgan fingerprint density at radius 1 is 1.50 bits per heavy atom. The molecule has 1 aromatic carbocycles. The summed E-state index contributed by atoms with van der Waals surface area (Å²) in [6.45, 7) is 3.89. The van der Waals surface area contributed by atoms with Crippen LogP contribution in [0.5, 0.6) is 0 Å². The minimum Gasteiger partial charge on any atom is -0.389 e. The van der Waals surface area contributed by atoms with E-state index in [-0.39, 0.29) is 0 Å². The first-order valence-corrected chi connectivity index (χ1v) is 8.44. The summed E-state index contributed by atoms with van der Waals surface area (Å²) in [6.07, 6.45) is 5.23. The first-order chi connectivity index (χ1) is 11.4. The predicted octanol–water partition coefficient (Wildman–Crippen LogP) is 3.78. The Morgan fingerprint density at radius 2 is 2.29 bits per heavy atom. The molecule has 24 heavy (non-hydrogen) atoms. The van der Waals surface area contributed by atoms with Crippen LogP contribution in [0.15, 0.2) is 35.6 Å². The van der Waals surface area contributed by atoms with Crippen LogP contribution in [0.4, 0.5) is 5.69 Å². The highest BCUT2D eigenvalue weighted by Gasteiger charge is 2.15. The molecule has 0 saturated heterocycles. The van der Waals surface area contributed by atoms with Crippen molar-refractivity contribution >= 4 is 40.1 Å². The molecule has 124 valence electrons. The molecule has 0 radical (unpaired) electrons. The van der Waals surface area contributed by atoms with Crippen molar-refractivity contribution in [2.75, 3.05) is 4.72 Å². The van der Waals surface area contributed by atoms with Gasteiger partial charge in [0.25, 0.3) is 0 Å². The SMILES string of the molecule is CC(C)(O)Cn1cc(SNc2ccc(Cl)c3c(C#N)c[nH]c23)cn1. The summed E-state index contributed by atoms with van der Waals surface area (Å²) in [5.74, 6) is 0. The predicted molar refractivity (Wildman–Crippen MR) is 96.0 cm³/mol. The number of anilines is 1. The second-order valence-electron chi connectivity index (χ2n) is 6.05. The minimum absolute atomic E-state index is 0.418. The Morgan fingerprint density at radius 3 is 3.00 bits per heavy atom. The molecule has 8 heteroatoms. The molecule has 0 aliphatic heterocycles. The van der Waals surface area contributed by atoms with Crippen LogP contribution in [-0.4, -0.2) is 25.5 Å². The van der Waals surface area contributed by atoms with Crippen LogP contribution in [0.25, 0.3) is 10.9 Å². The molecular formula is C16H16ClN5OS. The smallest absolute Gasteiger partial charge is 0.101 e. The summed E-state index contributed by atoms with van der Waals surface area (Å²) >= 11 is 7.59. The molecule has 3 rings (SSSR count). The fourth-order valence-electron chi connectivity index (χ4n) is 2.37. The molecule has 0 aliphatic carbocycles. The molecule has 0 amide bonds. The van der Waals surface area contributed by atoms with Gasteiger partial charge in [0.2, 0.25) is 0 Å². The molecule has 3 N–H and O–H groups in total. The Kier molecular flexibility index (Phi) is 4.45. The van der Waals surface area contributed by atoms with Crippen LogP contribution in [0.1, 0.15) is 19.4 Å². The summed E-state index contributed by atoms with van der Waals surface area (Å²) < 4.78 is 4.94. The first-order valence-electron chi connectivity index (χ1n) is 7.25. The van der Waals surface area contributed by atoms with Crippen LogP contribution in [-0.2, 0) is 6.54 Å². The van der Waals surface area contributed by atoms with Gasteiger partial charge in [0, 0.05) is 17.8 Å². The van der Waals surface area contributed by atoms with Crippen LogP contribution >= 0.6 is 23.5 Å². The van der Waals surface area contributed by atoms with Crippen molar-refractivity contribution < 1.29 is 5.11 Å². The number of benzene rings is 1. The molecule has 3 aromatic rings. The first kappa shape index (κ1) is 16.7. The third-order valence-corrected chi connectivity index (χ3v) is 4.43. The molecule has 0 unspecified atom stereocenters. The van der Waals surface area contributed by atoms with Gasteiger partial charge in [0.05, 0.1) is 45.0 Å². The highest BCUT2D eigenvalue weighted by Crippen LogP contribution is 2.33. The highest BCUT2D eigenvalue weighted by atomic mass is 35.5. The number of nitrogens with zero attached hydrogens (tertiary/aromatic N) is 3. The minimum atomic E-state index is -0.818. The average Bonchev–Trinajstić information content (AvgIpc) is 3.12. The maximum Gasteiger partial charge on any atom is 0.101 e. The lowest BCUT2D eigenvalue weighted by molar-refractivity contribution is 0.0577. The van der Waals surface area contributed by atoms with E-state index in [9.17, 15) is 5.11 Å². The van der Waals surface area contributed by atoms with Crippen molar-refractivity contribution in [3.63, 3.8) is 0 Å². The number of rotatable bonds is 5. The van der Waals surface area contributed by atoms with Crippen molar-refractivity contribution in [2.24, 2.45) is 0 Å². The summed E-state index contributed by atoms with van der Waals surface area (Å²) in [5, 5.41) is 24.5. The zero-order chi connectivity index (χ0) is 17.3. The van der Waals surface area contributed by atoms with Gasteiger partial charge in [-0.1, -0.05) is 11.6 Å². The summed E-state index contributed by atoms with van der Waals surface area (Å²) in [4.78, 5) is 4.00. The number of fused-ring (bicyclic) bond motifs is 1. The van der Waals surface area contributed by atoms with Crippen LogP contribution in [0.2, 0.25) is 5.02 Å². The number of nitriles is 1. The molecular weight excluding hydrogens is 346 g/mol. The molecule has 0 atom stereocenters. The molecule has 0 spiro atoms. The Labute approximate surface area is 148 Å². The molecule has 0 saturated carbocycles. The monoisotopic (exact) mass is 361 g/mol. The zero-order valence-corrected chi connectivity index (χ0v) is 14.7. The van der Waals surface area contributed by atoms with Crippen LogP contribution in [0.3, 0.4) is 0 Å². The van der Waals surface area contributed by atoms with Gasteiger partial charge in [-0.25, -0.2) is 0 Å². The largest absolute Gasteiger partial charge is 0.389 e. The van der Waals surface area contributed by atoms with Gasteiger partial charge in [-0.15, -0.1) is 0 Å². The van der Waals surface area contributed by atoms with Crippen molar-refractivity contribution in [3.05, 3.63) is 41.3 Å². The number of aromatic amines is 1. The van der Waals surface area contributed by atoms with E-state index >= 15 is 0 Å².